The Kier molecular flexibility index (Phi) is 6.15. The molecule has 10 heteroatoms. The van der Waals surface area contributed by atoms with Crippen LogP contribution in [0.5, 0.6) is 11.5 Å². The molecule has 28 heavy (non-hydrogen) atoms. The molecule has 0 aliphatic carbocycles. The van der Waals surface area contributed by atoms with Gasteiger partial charge in [0, 0.05) is 16.8 Å². The predicted octanol–water partition coefficient (Wildman–Crippen LogP) is 6.04. The first-order chi connectivity index (χ1) is 13.3. The fourth-order valence-corrected chi connectivity index (χ4v) is 4.89. The van der Waals surface area contributed by atoms with E-state index in [2.05, 4.69) is 14.8 Å². The number of nitrogens with one attached hydrogen (secondary N) is 1. The molecule has 0 fully saturated rings. The third-order valence-electron chi connectivity index (χ3n) is 3.80. The Hall–Kier alpha value is -1.86. The molecule has 1 aliphatic rings. The van der Waals surface area contributed by atoms with Crippen molar-refractivity contribution in [1.82, 2.24) is 0 Å². The van der Waals surface area contributed by atoms with E-state index < -0.39 is 19.7 Å². The summed E-state index contributed by atoms with van der Waals surface area (Å²) < 4.78 is 59.8. The zero-order chi connectivity index (χ0) is 20.4. The maximum absolute atomic E-state index is 13.4. The van der Waals surface area contributed by atoms with Gasteiger partial charge in [-0.05, 0) is 43.7 Å². The molecule has 0 saturated carbocycles. The number of benzene rings is 2. The van der Waals surface area contributed by atoms with Crippen molar-refractivity contribution in [3.8, 4) is 11.5 Å². The van der Waals surface area contributed by atoms with Gasteiger partial charge in [-0.2, -0.15) is 0 Å². The van der Waals surface area contributed by atoms with Gasteiger partial charge >= 0.3 is 13.9 Å². The molecule has 1 N–H and O–H groups in total. The lowest BCUT2D eigenvalue weighted by molar-refractivity contribution is -0.286. The smallest absolute Gasteiger partial charge is 0.395 e. The van der Waals surface area contributed by atoms with Crippen LogP contribution in [0.4, 0.5) is 14.5 Å². The quantitative estimate of drug-likeness (QED) is 0.512. The first kappa shape index (κ1) is 20.9. The number of hydrogen-bond acceptors (Lipinski definition) is 6. The van der Waals surface area contributed by atoms with E-state index in [0.29, 0.717) is 16.3 Å². The van der Waals surface area contributed by atoms with Gasteiger partial charge in [0.1, 0.15) is 0 Å². The van der Waals surface area contributed by atoms with Crippen LogP contribution in [0.1, 0.15) is 25.2 Å². The van der Waals surface area contributed by atoms with Crippen molar-refractivity contribution in [2.24, 2.45) is 0 Å². The number of hydrogen-bond donors (Lipinski definition) is 1. The number of anilines is 1. The highest BCUT2D eigenvalue weighted by molar-refractivity contribution is 7.54. The van der Waals surface area contributed by atoms with Crippen molar-refractivity contribution in [1.29, 1.82) is 0 Å². The summed E-state index contributed by atoms with van der Waals surface area (Å²) in [4.78, 5) is 0. The maximum Gasteiger partial charge on any atom is 0.586 e. The van der Waals surface area contributed by atoms with Gasteiger partial charge in [-0.15, -0.1) is 8.78 Å². The Morgan fingerprint density at radius 2 is 1.79 bits per heavy atom. The summed E-state index contributed by atoms with van der Waals surface area (Å²) in [6.45, 7) is 3.71. The molecule has 2 aromatic rings. The van der Waals surface area contributed by atoms with Crippen LogP contribution in [0.15, 0.2) is 42.5 Å². The lowest BCUT2D eigenvalue weighted by Crippen LogP contribution is -2.25. The number of halogens is 3. The SMILES string of the molecule is CCOP(=O)(OCC)C(Nc1ccc2c(c1)OC(F)(F)O2)c1cccc(Cl)c1. The van der Waals surface area contributed by atoms with Gasteiger partial charge in [-0.25, -0.2) is 0 Å². The lowest BCUT2D eigenvalue weighted by Gasteiger charge is -2.28. The summed E-state index contributed by atoms with van der Waals surface area (Å²) in [5.41, 5.74) is 0.922. The molecule has 0 aromatic heterocycles. The predicted molar refractivity (Wildman–Crippen MR) is 101 cm³/mol. The summed E-state index contributed by atoms with van der Waals surface area (Å²) in [6.07, 6.45) is -3.72. The van der Waals surface area contributed by atoms with Gasteiger partial charge in [0.15, 0.2) is 17.3 Å². The molecule has 1 aliphatic heterocycles. The molecule has 2 aromatic carbocycles. The fraction of sp³-hybridized carbons (Fsp3) is 0.333. The van der Waals surface area contributed by atoms with E-state index in [1.807, 2.05) is 0 Å². The molecule has 0 spiro atoms. The normalized spacial score (nSPS) is 16.0. The number of rotatable bonds is 8. The van der Waals surface area contributed by atoms with Gasteiger partial charge in [0.05, 0.1) is 13.2 Å². The number of ether oxygens (including phenoxy) is 2. The molecular weight excluding hydrogens is 415 g/mol. The average Bonchev–Trinajstić information content (AvgIpc) is 2.93. The molecule has 152 valence electrons. The summed E-state index contributed by atoms with van der Waals surface area (Å²) in [5, 5.41) is 3.48. The number of fused-ring (bicyclic) bond motifs is 1. The standard InChI is InChI=1S/C18H19ClF2NO5P/c1-3-24-28(23,25-4-2)17(12-6-5-7-13(19)10-12)22-14-8-9-15-16(11-14)27-18(20,21)26-15/h5-11,17,22H,3-4H2,1-2H3. The molecule has 0 bridgehead atoms. The topological polar surface area (TPSA) is 66.0 Å². The monoisotopic (exact) mass is 433 g/mol. The van der Waals surface area contributed by atoms with E-state index in [1.165, 1.54) is 18.2 Å². The van der Waals surface area contributed by atoms with Gasteiger partial charge in [-0.1, -0.05) is 23.7 Å². The van der Waals surface area contributed by atoms with Crippen LogP contribution in [0, 0.1) is 0 Å². The number of alkyl halides is 2. The van der Waals surface area contributed by atoms with E-state index in [1.54, 1.807) is 38.1 Å². The summed E-state index contributed by atoms with van der Waals surface area (Å²) in [5.74, 6) is -1.15. The van der Waals surface area contributed by atoms with Crippen LogP contribution in [-0.2, 0) is 13.6 Å². The minimum atomic E-state index is -3.72. The Bertz CT molecular complexity index is 888. The zero-order valence-corrected chi connectivity index (χ0v) is 16.8. The Morgan fingerprint density at radius 1 is 1.11 bits per heavy atom. The Balaban J connectivity index is 1.97. The van der Waals surface area contributed by atoms with E-state index >= 15 is 0 Å². The first-order valence-corrected chi connectivity index (χ1v) is 10.6. The highest BCUT2D eigenvalue weighted by atomic mass is 35.5. The molecule has 1 atom stereocenters. The van der Waals surface area contributed by atoms with Crippen molar-refractivity contribution in [2.75, 3.05) is 18.5 Å². The van der Waals surface area contributed by atoms with Crippen LogP contribution in [0.3, 0.4) is 0 Å². The fourth-order valence-electron chi connectivity index (χ4n) is 2.76. The van der Waals surface area contributed by atoms with Crippen LogP contribution >= 0.6 is 19.2 Å². The third-order valence-corrected chi connectivity index (χ3v) is 6.33. The summed E-state index contributed by atoms with van der Waals surface area (Å²) in [6, 6.07) is 10.9. The first-order valence-electron chi connectivity index (χ1n) is 8.57. The van der Waals surface area contributed by atoms with Crippen LogP contribution < -0.4 is 14.8 Å². The second-order valence-electron chi connectivity index (χ2n) is 5.81. The Morgan fingerprint density at radius 3 is 2.43 bits per heavy atom. The van der Waals surface area contributed by atoms with Gasteiger partial charge < -0.3 is 23.8 Å². The molecular formula is C18H19ClF2NO5P. The van der Waals surface area contributed by atoms with Gasteiger partial charge in [-0.3, -0.25) is 4.57 Å². The summed E-state index contributed by atoms with van der Waals surface area (Å²) in [7, 11) is -3.67. The average molecular weight is 434 g/mol. The Labute approximate surface area is 166 Å². The van der Waals surface area contributed by atoms with Crippen LogP contribution in [0.25, 0.3) is 0 Å². The molecule has 0 amide bonds. The minimum absolute atomic E-state index is 0.0901. The van der Waals surface area contributed by atoms with Crippen molar-refractivity contribution < 1.29 is 31.9 Å². The molecule has 1 heterocycles. The van der Waals surface area contributed by atoms with E-state index in [-0.39, 0.29) is 24.7 Å². The molecule has 1 unspecified atom stereocenters. The van der Waals surface area contributed by atoms with Crippen LogP contribution in [0.2, 0.25) is 5.02 Å². The molecule has 0 saturated heterocycles. The highest BCUT2D eigenvalue weighted by Gasteiger charge is 2.44. The molecule has 0 radical (unpaired) electrons. The maximum atomic E-state index is 13.4. The van der Waals surface area contributed by atoms with E-state index in [9.17, 15) is 13.3 Å². The third kappa shape index (κ3) is 4.58. The van der Waals surface area contributed by atoms with E-state index in [4.69, 9.17) is 20.6 Å². The van der Waals surface area contributed by atoms with Crippen molar-refractivity contribution in [3.63, 3.8) is 0 Å². The van der Waals surface area contributed by atoms with E-state index in [0.717, 1.165) is 0 Å². The van der Waals surface area contributed by atoms with Gasteiger partial charge in [0.25, 0.3) is 0 Å². The van der Waals surface area contributed by atoms with Crippen molar-refractivity contribution in [2.45, 2.75) is 25.9 Å². The zero-order valence-electron chi connectivity index (χ0n) is 15.2. The second-order valence-corrected chi connectivity index (χ2v) is 8.36. The van der Waals surface area contributed by atoms with Crippen molar-refractivity contribution in [3.05, 3.63) is 53.1 Å². The lowest BCUT2D eigenvalue weighted by atomic mass is 10.2. The molecule has 3 rings (SSSR count). The second kappa shape index (κ2) is 8.25. The largest absolute Gasteiger partial charge is 0.586 e. The van der Waals surface area contributed by atoms with Gasteiger partial charge in [0.2, 0.25) is 0 Å². The molecule has 6 nitrogen and oxygen atoms in total. The van der Waals surface area contributed by atoms with Crippen molar-refractivity contribution >= 4 is 24.9 Å². The summed E-state index contributed by atoms with van der Waals surface area (Å²) >= 11 is 6.09. The van der Waals surface area contributed by atoms with Crippen LogP contribution in [-0.4, -0.2) is 19.5 Å². The highest BCUT2D eigenvalue weighted by Crippen LogP contribution is 2.61. The minimum Gasteiger partial charge on any atom is -0.395 e.